The number of halogens is 1. The molecule has 126 valence electrons. The Bertz CT molecular complexity index is 582. The zero-order valence-electron chi connectivity index (χ0n) is 13.0. The zero-order chi connectivity index (χ0) is 16.8. The van der Waals surface area contributed by atoms with Crippen molar-refractivity contribution in [1.82, 2.24) is 4.90 Å². The summed E-state index contributed by atoms with van der Waals surface area (Å²) in [6, 6.07) is 5.28. The average molecular weight is 433 g/mol. The lowest BCUT2D eigenvalue weighted by Gasteiger charge is -2.23. The number of benzene rings is 1. The van der Waals surface area contributed by atoms with Gasteiger partial charge in [-0.3, -0.25) is 19.8 Å². The highest BCUT2D eigenvalue weighted by atomic mass is 127. The molecule has 1 heterocycles. The highest BCUT2D eigenvalue weighted by Gasteiger charge is 2.23. The van der Waals surface area contributed by atoms with Crippen LogP contribution in [0.3, 0.4) is 0 Å². The second-order valence-corrected chi connectivity index (χ2v) is 6.56. The molecule has 0 N–H and O–H groups in total. The summed E-state index contributed by atoms with van der Waals surface area (Å²) in [4.78, 5) is 26.6. The summed E-state index contributed by atoms with van der Waals surface area (Å²) in [6.45, 7) is 5.30. The Morgan fingerprint density at radius 1 is 1.35 bits per heavy atom. The number of ether oxygens (including phenoxy) is 1. The van der Waals surface area contributed by atoms with Gasteiger partial charge in [-0.25, -0.2) is 0 Å². The normalized spacial score (nSPS) is 16.0. The lowest BCUT2D eigenvalue weighted by molar-refractivity contribution is -0.384. The zero-order valence-corrected chi connectivity index (χ0v) is 15.2. The Kier molecular flexibility index (Phi) is 6.58. The van der Waals surface area contributed by atoms with E-state index in [9.17, 15) is 14.9 Å². The van der Waals surface area contributed by atoms with E-state index in [1.165, 1.54) is 0 Å². The first-order valence-corrected chi connectivity index (χ1v) is 8.66. The monoisotopic (exact) mass is 433 g/mol. The van der Waals surface area contributed by atoms with Crippen molar-refractivity contribution in [2.45, 2.75) is 13.3 Å². The summed E-state index contributed by atoms with van der Waals surface area (Å²) >= 11 is 2.08. The molecule has 7 nitrogen and oxygen atoms in total. The van der Waals surface area contributed by atoms with Gasteiger partial charge in [0.05, 0.1) is 18.1 Å². The van der Waals surface area contributed by atoms with Gasteiger partial charge in [0.15, 0.2) is 0 Å². The second-order valence-electron chi connectivity index (χ2n) is 5.31. The largest absolute Gasteiger partial charge is 0.465 e. The van der Waals surface area contributed by atoms with Gasteiger partial charge in [0.25, 0.3) is 5.69 Å². The fourth-order valence-electron chi connectivity index (χ4n) is 2.67. The maximum Gasteiger partial charge on any atom is 0.320 e. The predicted octanol–water partition coefficient (Wildman–Crippen LogP) is 2.27. The van der Waals surface area contributed by atoms with Crippen LogP contribution in [0.25, 0.3) is 0 Å². The molecule has 0 atom stereocenters. The molecule has 0 unspecified atom stereocenters. The minimum absolute atomic E-state index is 0.135. The van der Waals surface area contributed by atoms with Crippen LogP contribution in [0.15, 0.2) is 18.2 Å². The van der Waals surface area contributed by atoms with Gasteiger partial charge < -0.3 is 9.64 Å². The van der Waals surface area contributed by atoms with Crippen LogP contribution in [0.1, 0.15) is 13.3 Å². The Hall–Kier alpha value is -1.42. The summed E-state index contributed by atoms with van der Waals surface area (Å²) in [5.41, 5.74) is 0.782. The van der Waals surface area contributed by atoms with Crippen LogP contribution in [0.2, 0.25) is 0 Å². The van der Waals surface area contributed by atoms with Gasteiger partial charge in [0.2, 0.25) is 0 Å². The molecule has 2 rings (SSSR count). The fraction of sp³-hybridized carbons (Fsp3) is 0.533. The standard InChI is InChI=1S/C15H20IN3O4/c1-2-23-15(20)11-17-6-3-7-18(9-8-17)13-5-4-12(16)10-14(13)19(21)22/h4-5,10H,2-3,6-9,11H2,1H3. The van der Waals surface area contributed by atoms with Gasteiger partial charge in [-0.1, -0.05) is 0 Å². The summed E-state index contributed by atoms with van der Waals surface area (Å²) in [6.07, 6.45) is 0.850. The molecule has 0 spiro atoms. The number of esters is 1. The van der Waals surface area contributed by atoms with Crippen LogP contribution in [0.5, 0.6) is 0 Å². The van der Waals surface area contributed by atoms with E-state index < -0.39 is 0 Å². The third-order valence-electron chi connectivity index (χ3n) is 3.72. The van der Waals surface area contributed by atoms with Crippen LogP contribution >= 0.6 is 22.6 Å². The van der Waals surface area contributed by atoms with E-state index in [1.54, 1.807) is 19.1 Å². The quantitative estimate of drug-likeness (QED) is 0.307. The van der Waals surface area contributed by atoms with Crippen LogP contribution < -0.4 is 4.90 Å². The molecule has 23 heavy (non-hydrogen) atoms. The van der Waals surface area contributed by atoms with E-state index in [0.29, 0.717) is 25.4 Å². The molecule has 0 aliphatic carbocycles. The third kappa shape index (κ3) is 5.03. The second kappa shape index (κ2) is 8.44. The molecule has 1 aromatic carbocycles. The van der Waals surface area contributed by atoms with Crippen LogP contribution in [-0.4, -0.2) is 55.1 Å². The first-order chi connectivity index (χ1) is 11.0. The molecule has 0 amide bonds. The Morgan fingerprint density at radius 3 is 2.83 bits per heavy atom. The van der Waals surface area contributed by atoms with Gasteiger partial charge in [-0.2, -0.15) is 0 Å². The van der Waals surface area contributed by atoms with Gasteiger partial charge in [0, 0.05) is 35.8 Å². The maximum atomic E-state index is 11.6. The average Bonchev–Trinajstić information content (AvgIpc) is 2.73. The van der Waals surface area contributed by atoms with Crippen molar-refractivity contribution in [3.63, 3.8) is 0 Å². The Balaban J connectivity index is 2.06. The molecule has 1 aromatic rings. The number of nitro groups is 1. The maximum absolute atomic E-state index is 11.6. The number of carbonyl (C=O) groups excluding carboxylic acids is 1. The van der Waals surface area contributed by atoms with Crippen LogP contribution in [0.4, 0.5) is 11.4 Å². The molecular formula is C15H20IN3O4. The molecule has 1 aliphatic heterocycles. The lowest BCUT2D eigenvalue weighted by atomic mass is 10.2. The van der Waals surface area contributed by atoms with Crippen molar-refractivity contribution in [2.24, 2.45) is 0 Å². The number of hydrogen-bond acceptors (Lipinski definition) is 6. The molecule has 1 aliphatic rings. The first-order valence-electron chi connectivity index (χ1n) is 7.58. The Labute approximate surface area is 148 Å². The number of anilines is 1. The van der Waals surface area contributed by atoms with Gasteiger partial charge >= 0.3 is 5.97 Å². The molecular weight excluding hydrogens is 413 g/mol. The predicted molar refractivity (Wildman–Crippen MR) is 95.7 cm³/mol. The fourth-order valence-corrected chi connectivity index (χ4v) is 3.14. The number of carbonyl (C=O) groups is 1. The van der Waals surface area contributed by atoms with Crippen molar-refractivity contribution < 1.29 is 14.5 Å². The molecule has 8 heteroatoms. The van der Waals surface area contributed by atoms with Crippen molar-refractivity contribution >= 4 is 39.9 Å². The smallest absolute Gasteiger partial charge is 0.320 e. The van der Waals surface area contributed by atoms with Gasteiger partial charge in [-0.05, 0) is 48.1 Å². The van der Waals surface area contributed by atoms with Gasteiger partial charge in [0.1, 0.15) is 5.69 Å². The van der Waals surface area contributed by atoms with E-state index in [1.807, 2.05) is 15.9 Å². The summed E-state index contributed by atoms with van der Waals surface area (Å²) < 4.78 is 5.82. The summed E-state index contributed by atoms with van der Waals surface area (Å²) in [7, 11) is 0. The topological polar surface area (TPSA) is 75.9 Å². The third-order valence-corrected chi connectivity index (χ3v) is 4.39. The SMILES string of the molecule is CCOC(=O)CN1CCCN(c2ccc(I)cc2[N+](=O)[O-])CC1. The minimum atomic E-state index is -0.335. The molecule has 0 bridgehead atoms. The molecule has 0 aromatic heterocycles. The molecule has 0 saturated carbocycles. The van der Waals surface area contributed by atoms with Crippen molar-refractivity contribution in [3.05, 3.63) is 31.9 Å². The Morgan fingerprint density at radius 2 is 2.13 bits per heavy atom. The van der Waals surface area contributed by atoms with Crippen LogP contribution in [0, 0.1) is 13.7 Å². The molecule has 0 radical (unpaired) electrons. The number of nitrogens with zero attached hydrogens (tertiary/aromatic N) is 3. The molecule has 1 saturated heterocycles. The van der Waals surface area contributed by atoms with E-state index in [0.717, 1.165) is 23.1 Å². The number of hydrogen-bond donors (Lipinski definition) is 0. The van der Waals surface area contributed by atoms with E-state index in [2.05, 4.69) is 22.6 Å². The van der Waals surface area contributed by atoms with E-state index in [-0.39, 0.29) is 23.1 Å². The van der Waals surface area contributed by atoms with Crippen molar-refractivity contribution in [3.8, 4) is 0 Å². The minimum Gasteiger partial charge on any atom is -0.465 e. The van der Waals surface area contributed by atoms with Crippen molar-refractivity contribution in [1.29, 1.82) is 0 Å². The summed E-state index contributed by atoms with van der Waals surface area (Å²) in [5, 5.41) is 11.3. The first kappa shape index (κ1) is 17.9. The highest BCUT2D eigenvalue weighted by Crippen LogP contribution is 2.30. The van der Waals surface area contributed by atoms with E-state index in [4.69, 9.17) is 4.74 Å². The number of nitro benzene ring substituents is 1. The highest BCUT2D eigenvalue weighted by molar-refractivity contribution is 14.1. The van der Waals surface area contributed by atoms with E-state index >= 15 is 0 Å². The van der Waals surface area contributed by atoms with Crippen LogP contribution in [-0.2, 0) is 9.53 Å². The summed E-state index contributed by atoms with van der Waals surface area (Å²) in [5.74, 6) is -0.221. The van der Waals surface area contributed by atoms with Crippen molar-refractivity contribution in [2.75, 3.05) is 44.2 Å². The lowest BCUT2D eigenvalue weighted by Crippen LogP contribution is -2.35. The molecule has 1 fully saturated rings. The number of rotatable bonds is 5. The van der Waals surface area contributed by atoms with Gasteiger partial charge in [-0.15, -0.1) is 0 Å².